The number of nitrogens with zero attached hydrogens (tertiary/aromatic N) is 1. The minimum absolute atomic E-state index is 0.174. The van der Waals surface area contributed by atoms with Gasteiger partial charge in [0.05, 0.1) is 18.8 Å². The van der Waals surface area contributed by atoms with Crippen LogP contribution >= 0.6 is 10.9 Å². The Morgan fingerprint density at radius 3 is 2.43 bits per heavy atom. The summed E-state index contributed by atoms with van der Waals surface area (Å²) in [6.45, 7) is 7.09. The van der Waals surface area contributed by atoms with Gasteiger partial charge in [0.2, 0.25) is 11.8 Å². The number of carbonyl (C=O) groups excluding carboxylic acids is 2. The van der Waals surface area contributed by atoms with Gasteiger partial charge in [-0.3, -0.25) is 9.59 Å². The molecule has 5 atom stereocenters. The highest BCUT2D eigenvalue weighted by molar-refractivity contribution is 8.16. The number of aliphatic hydroxyl groups is 3. The van der Waals surface area contributed by atoms with Crippen LogP contribution in [0.25, 0.3) is 0 Å². The fourth-order valence-corrected chi connectivity index (χ4v) is 7.54. The molecule has 0 aromatic heterocycles. The summed E-state index contributed by atoms with van der Waals surface area (Å²) in [5.41, 5.74) is 3.43. The van der Waals surface area contributed by atoms with E-state index in [1.807, 2.05) is 49.3 Å². The van der Waals surface area contributed by atoms with E-state index in [0.717, 1.165) is 34.5 Å². The topological polar surface area (TPSA) is 131 Å². The van der Waals surface area contributed by atoms with Crippen molar-refractivity contribution in [3.63, 3.8) is 0 Å². The van der Waals surface area contributed by atoms with Crippen LogP contribution in [0.4, 0.5) is 0 Å². The Kier molecular flexibility index (Phi) is 12.3. The first kappa shape index (κ1) is 33.9. The van der Waals surface area contributed by atoms with E-state index in [9.17, 15) is 24.9 Å². The summed E-state index contributed by atoms with van der Waals surface area (Å²) in [7, 11) is 3.20. The molecule has 1 saturated heterocycles. The summed E-state index contributed by atoms with van der Waals surface area (Å²) in [6.07, 6.45) is 0.581. The van der Waals surface area contributed by atoms with Crippen LogP contribution in [-0.4, -0.2) is 102 Å². The van der Waals surface area contributed by atoms with Gasteiger partial charge >= 0.3 is 0 Å². The van der Waals surface area contributed by atoms with Crippen LogP contribution in [0, 0.1) is 6.92 Å². The van der Waals surface area contributed by atoms with Crippen molar-refractivity contribution in [2.75, 3.05) is 45.8 Å². The number of ether oxygens (including phenoxy) is 1. The van der Waals surface area contributed by atoms with E-state index in [1.165, 1.54) is 0 Å². The van der Waals surface area contributed by atoms with Crippen molar-refractivity contribution >= 4 is 22.7 Å². The Hall–Kier alpha value is -2.63. The number of amides is 2. The molecule has 1 aliphatic rings. The standard InChI is InChI=1S/C32H49N3O6S/c1-21-9-12-23(30-29(39)28(38)26(36)20-42(30)6)19-24(21)18-22-10-13-25(14-11-22)41-17-7-8-27(37)34-32(2,3)31(40)33-15-16-35(4)5/h9-14,19,26,28-30,36,38-39,42H,7-8,15-18,20H2,1-6H3,(H,33,40)(H,34,37)/t26-,28-,29-,30+/m1/s1. The number of aliphatic hydroxyl groups excluding tert-OH is 3. The van der Waals surface area contributed by atoms with Crippen molar-refractivity contribution in [3.8, 4) is 5.75 Å². The van der Waals surface area contributed by atoms with Crippen molar-refractivity contribution in [1.82, 2.24) is 15.5 Å². The molecule has 2 amide bonds. The van der Waals surface area contributed by atoms with E-state index in [-0.39, 0.29) is 23.5 Å². The van der Waals surface area contributed by atoms with Crippen molar-refractivity contribution in [3.05, 3.63) is 64.7 Å². The highest BCUT2D eigenvalue weighted by Gasteiger charge is 2.40. The molecule has 0 spiro atoms. The van der Waals surface area contributed by atoms with Crippen molar-refractivity contribution < 1.29 is 29.6 Å². The number of rotatable bonds is 13. The van der Waals surface area contributed by atoms with E-state index >= 15 is 0 Å². The second kappa shape index (κ2) is 15.2. The van der Waals surface area contributed by atoms with Crippen LogP contribution in [0.2, 0.25) is 0 Å². The highest BCUT2D eigenvalue weighted by atomic mass is 32.2. The Labute approximate surface area is 253 Å². The zero-order chi connectivity index (χ0) is 31.0. The molecule has 1 heterocycles. The highest BCUT2D eigenvalue weighted by Crippen LogP contribution is 2.48. The number of aryl methyl sites for hydroxylation is 1. The fraction of sp³-hybridized carbons (Fsp3) is 0.562. The van der Waals surface area contributed by atoms with Gasteiger partial charge in [-0.15, -0.1) is 0 Å². The van der Waals surface area contributed by atoms with E-state index in [1.54, 1.807) is 13.8 Å². The number of hydrogen-bond acceptors (Lipinski definition) is 7. The fourth-order valence-electron chi connectivity index (χ4n) is 5.14. The molecule has 1 fully saturated rings. The number of likely N-dealkylation sites (N-methyl/N-ethyl adjacent to an activating group) is 1. The molecule has 2 aromatic carbocycles. The Morgan fingerprint density at radius 1 is 1.07 bits per heavy atom. The van der Waals surface area contributed by atoms with E-state index in [0.29, 0.717) is 31.7 Å². The summed E-state index contributed by atoms with van der Waals surface area (Å²) >= 11 is 0. The molecule has 9 nitrogen and oxygen atoms in total. The monoisotopic (exact) mass is 603 g/mol. The van der Waals surface area contributed by atoms with Crippen LogP contribution in [0.1, 0.15) is 54.2 Å². The van der Waals surface area contributed by atoms with Gasteiger partial charge in [0.1, 0.15) is 17.4 Å². The molecule has 1 unspecified atom stereocenters. The van der Waals surface area contributed by atoms with Gasteiger partial charge in [-0.2, -0.15) is 0 Å². The average Bonchev–Trinajstić information content (AvgIpc) is 2.92. The molecule has 1 aliphatic heterocycles. The predicted octanol–water partition coefficient (Wildman–Crippen LogP) is 2.09. The third-order valence-corrected chi connectivity index (χ3v) is 10.2. The first-order valence-corrected chi connectivity index (χ1v) is 16.6. The van der Waals surface area contributed by atoms with E-state index in [2.05, 4.69) is 35.9 Å². The summed E-state index contributed by atoms with van der Waals surface area (Å²) in [5, 5.41) is 36.5. The maximum Gasteiger partial charge on any atom is 0.245 e. The lowest BCUT2D eigenvalue weighted by atomic mass is 9.94. The maximum absolute atomic E-state index is 12.4. The van der Waals surface area contributed by atoms with Gasteiger partial charge in [0.25, 0.3) is 0 Å². The lowest BCUT2D eigenvalue weighted by Gasteiger charge is -2.42. The van der Waals surface area contributed by atoms with Gasteiger partial charge < -0.3 is 35.6 Å². The molecule has 0 radical (unpaired) electrons. The lowest BCUT2D eigenvalue weighted by Crippen LogP contribution is -2.55. The smallest absolute Gasteiger partial charge is 0.245 e. The Morgan fingerprint density at radius 2 is 1.76 bits per heavy atom. The van der Waals surface area contributed by atoms with E-state index < -0.39 is 34.7 Å². The molecule has 42 heavy (non-hydrogen) atoms. The third kappa shape index (κ3) is 9.44. The molecule has 234 valence electrons. The minimum Gasteiger partial charge on any atom is -0.494 e. The number of carbonyl (C=O) groups is 2. The summed E-state index contributed by atoms with van der Waals surface area (Å²) in [4.78, 5) is 26.8. The van der Waals surface area contributed by atoms with Gasteiger partial charge in [-0.05, 0) is 88.4 Å². The largest absolute Gasteiger partial charge is 0.494 e. The van der Waals surface area contributed by atoms with Gasteiger partial charge in [-0.25, -0.2) is 10.9 Å². The third-order valence-electron chi connectivity index (χ3n) is 7.73. The van der Waals surface area contributed by atoms with Crippen molar-refractivity contribution in [1.29, 1.82) is 0 Å². The van der Waals surface area contributed by atoms with Crippen LogP contribution in [0.5, 0.6) is 5.75 Å². The summed E-state index contributed by atoms with van der Waals surface area (Å²) in [5.74, 6) is 0.831. The minimum atomic E-state index is -1.13. The lowest BCUT2D eigenvalue weighted by molar-refractivity contribution is -0.132. The van der Waals surface area contributed by atoms with Crippen LogP contribution < -0.4 is 15.4 Å². The van der Waals surface area contributed by atoms with E-state index in [4.69, 9.17) is 4.74 Å². The molecule has 0 aliphatic carbocycles. The Balaban J connectivity index is 1.48. The number of benzene rings is 2. The van der Waals surface area contributed by atoms with Crippen LogP contribution in [0.15, 0.2) is 42.5 Å². The van der Waals surface area contributed by atoms with Crippen LogP contribution in [0.3, 0.4) is 0 Å². The zero-order valence-electron chi connectivity index (χ0n) is 25.8. The second-order valence-electron chi connectivity index (χ2n) is 12.1. The van der Waals surface area contributed by atoms with Gasteiger partial charge in [-0.1, -0.05) is 30.3 Å². The average molecular weight is 604 g/mol. The SMILES string of the molecule is Cc1ccc([C@H]2[C@H](O)[C@H](O)[C@H](O)C[SH]2C)cc1Cc1ccc(OCCCC(=O)NC(C)(C)C(=O)NCCN(C)C)cc1. The molecule has 0 saturated carbocycles. The molecular formula is C32H49N3O6S. The summed E-state index contributed by atoms with van der Waals surface area (Å²) < 4.78 is 5.85. The number of nitrogens with one attached hydrogen (secondary N) is 2. The first-order valence-electron chi connectivity index (χ1n) is 14.6. The summed E-state index contributed by atoms with van der Waals surface area (Å²) in [6, 6.07) is 14.1. The second-order valence-corrected chi connectivity index (χ2v) is 14.6. The van der Waals surface area contributed by atoms with Crippen LogP contribution in [-0.2, 0) is 16.0 Å². The maximum atomic E-state index is 12.4. The van der Waals surface area contributed by atoms with Crippen molar-refractivity contribution in [2.24, 2.45) is 0 Å². The zero-order valence-corrected chi connectivity index (χ0v) is 26.7. The number of hydrogen-bond donors (Lipinski definition) is 6. The molecular weight excluding hydrogens is 554 g/mol. The van der Waals surface area contributed by atoms with Gasteiger partial charge in [0.15, 0.2) is 0 Å². The molecule has 3 rings (SSSR count). The number of thiol groups is 1. The normalized spacial score (nSPS) is 23.4. The molecule has 2 aromatic rings. The first-order chi connectivity index (χ1) is 19.8. The van der Waals surface area contributed by atoms with Crippen molar-refractivity contribution in [2.45, 2.75) is 69.1 Å². The Bertz CT molecular complexity index is 1190. The quantitative estimate of drug-likeness (QED) is 0.153. The molecule has 0 bridgehead atoms. The molecule has 5 N–H and O–H groups in total. The van der Waals surface area contributed by atoms with Gasteiger partial charge in [0, 0.05) is 30.5 Å². The molecule has 10 heteroatoms. The predicted molar refractivity (Wildman–Crippen MR) is 169 cm³/mol.